The molecule has 0 bridgehead atoms. The van der Waals surface area contributed by atoms with Crippen LogP contribution in [0.1, 0.15) is 47.6 Å². The lowest BCUT2D eigenvalue weighted by atomic mass is 9.94. The molecule has 0 unspecified atom stereocenters. The van der Waals surface area contributed by atoms with E-state index in [1.165, 1.54) is 16.2 Å². The summed E-state index contributed by atoms with van der Waals surface area (Å²) in [5, 5.41) is 16.6. The molecule has 1 saturated heterocycles. The van der Waals surface area contributed by atoms with Gasteiger partial charge in [0.05, 0.1) is 17.9 Å². The number of hydrogen-bond acceptors (Lipinski definition) is 7. The van der Waals surface area contributed by atoms with Crippen LogP contribution in [0.3, 0.4) is 0 Å². The number of hydrogen-bond donors (Lipinski definition) is 3. The number of nitrogens with zero attached hydrogens (tertiary/aromatic N) is 3. The van der Waals surface area contributed by atoms with Gasteiger partial charge in [-0.3, -0.25) is 4.79 Å². The molecule has 33 heavy (non-hydrogen) atoms. The number of ether oxygens (including phenoxy) is 1. The molecule has 0 aliphatic carbocycles. The molecule has 10 heteroatoms. The lowest BCUT2D eigenvalue weighted by molar-refractivity contribution is 0.0900. The van der Waals surface area contributed by atoms with Gasteiger partial charge in [-0.15, -0.1) is 0 Å². The first-order valence-electron chi connectivity index (χ1n) is 11.3. The number of carbonyl (C=O) groups excluding carboxylic acids is 1. The molecule has 0 radical (unpaired) electrons. The van der Waals surface area contributed by atoms with Crippen molar-refractivity contribution in [2.45, 2.75) is 51.6 Å². The number of likely N-dealkylation sites (tertiary alicyclic amines) is 1. The van der Waals surface area contributed by atoms with Crippen molar-refractivity contribution in [3.05, 3.63) is 28.3 Å². The van der Waals surface area contributed by atoms with Crippen LogP contribution < -0.4 is 20.3 Å². The minimum atomic E-state index is -0.850. The van der Waals surface area contributed by atoms with Gasteiger partial charge >= 0.3 is 6.09 Å². The molecule has 2 aromatic rings. The number of carboxylic acid groups (broad SMARTS) is 1. The minimum Gasteiger partial charge on any atom is -0.489 e. The fourth-order valence-electron chi connectivity index (χ4n) is 4.73. The number of amides is 2. The Balaban J connectivity index is 1.38. The van der Waals surface area contributed by atoms with Gasteiger partial charge in [0.25, 0.3) is 5.91 Å². The molecule has 1 aromatic heterocycles. The molecule has 4 heterocycles. The summed E-state index contributed by atoms with van der Waals surface area (Å²) in [6.45, 7) is 8.38. The average Bonchev–Trinajstić information content (AvgIpc) is 3.17. The summed E-state index contributed by atoms with van der Waals surface area (Å²) < 4.78 is 5.99. The van der Waals surface area contributed by atoms with Crippen LogP contribution in [0.4, 0.5) is 21.3 Å². The number of piperidine rings is 1. The van der Waals surface area contributed by atoms with Crippen LogP contribution in [-0.2, 0) is 6.42 Å². The van der Waals surface area contributed by atoms with Gasteiger partial charge in [-0.05, 0) is 45.2 Å². The number of fused-ring (bicyclic) bond motifs is 2. The summed E-state index contributed by atoms with van der Waals surface area (Å²) in [5.74, 6) is 0.735. The number of aryl methyl sites for hydroxylation is 1. The number of anilines is 3. The van der Waals surface area contributed by atoms with Gasteiger partial charge in [0, 0.05) is 42.8 Å². The van der Waals surface area contributed by atoms with Crippen LogP contribution in [0.25, 0.3) is 0 Å². The van der Waals surface area contributed by atoms with Gasteiger partial charge in [0.15, 0.2) is 5.13 Å². The van der Waals surface area contributed by atoms with Gasteiger partial charge in [-0.1, -0.05) is 11.3 Å². The zero-order valence-corrected chi connectivity index (χ0v) is 19.9. The number of thiazole rings is 1. The minimum absolute atomic E-state index is 0.0526. The third-order valence-corrected chi connectivity index (χ3v) is 7.60. The first-order chi connectivity index (χ1) is 15.7. The van der Waals surface area contributed by atoms with Crippen molar-refractivity contribution < 1.29 is 19.4 Å². The number of nitrogens with one attached hydrogen (secondary N) is 2. The number of aromatic nitrogens is 1. The second kappa shape index (κ2) is 8.09. The van der Waals surface area contributed by atoms with E-state index in [9.17, 15) is 9.59 Å². The Kier molecular flexibility index (Phi) is 5.35. The molecule has 2 amide bonds. The standard InChI is InChI=1S/C23H29N5O4S/c1-13-10-17-18(11-15(13)24-14-4-6-27(7-5-14)22(30)31)32-9-8-28(17)21-25-16-12-23(2,3)26-20(29)19(16)33-21/h10-11,14,24H,4-9,12H2,1-3H3,(H,26,29)(H,30,31). The topological polar surface area (TPSA) is 107 Å². The van der Waals surface area contributed by atoms with Crippen molar-refractivity contribution in [1.29, 1.82) is 0 Å². The molecule has 0 saturated carbocycles. The lowest BCUT2D eigenvalue weighted by Crippen LogP contribution is -2.48. The molecule has 1 aromatic carbocycles. The van der Waals surface area contributed by atoms with Crippen molar-refractivity contribution in [2.75, 3.05) is 36.5 Å². The predicted octanol–water partition coefficient (Wildman–Crippen LogP) is 3.60. The maximum atomic E-state index is 12.6. The fraction of sp³-hybridized carbons (Fsp3) is 0.522. The predicted molar refractivity (Wildman–Crippen MR) is 127 cm³/mol. The Bertz CT molecular complexity index is 1110. The summed E-state index contributed by atoms with van der Waals surface area (Å²) in [7, 11) is 0. The maximum absolute atomic E-state index is 12.6. The van der Waals surface area contributed by atoms with Gasteiger partial charge in [0.2, 0.25) is 0 Å². The van der Waals surface area contributed by atoms with E-state index < -0.39 is 6.09 Å². The van der Waals surface area contributed by atoms with Crippen LogP contribution in [0.15, 0.2) is 12.1 Å². The molecule has 176 valence electrons. The fourth-order valence-corrected chi connectivity index (χ4v) is 5.75. The van der Waals surface area contributed by atoms with Crippen molar-refractivity contribution in [3.63, 3.8) is 0 Å². The summed E-state index contributed by atoms with van der Waals surface area (Å²) in [5.41, 5.74) is 3.61. The van der Waals surface area contributed by atoms with E-state index in [0.29, 0.717) is 37.5 Å². The van der Waals surface area contributed by atoms with Crippen molar-refractivity contribution in [2.24, 2.45) is 0 Å². The Hall–Kier alpha value is -3.01. The highest BCUT2D eigenvalue weighted by Gasteiger charge is 2.35. The van der Waals surface area contributed by atoms with Gasteiger partial charge in [0.1, 0.15) is 17.2 Å². The van der Waals surface area contributed by atoms with Crippen LogP contribution in [-0.4, -0.2) is 64.8 Å². The molecule has 3 aliphatic heterocycles. The second-order valence-electron chi connectivity index (χ2n) is 9.61. The SMILES string of the molecule is Cc1cc2c(cc1NC1CCN(C(=O)O)CC1)OCCN2c1nc2c(s1)C(=O)NC(C)(C)C2. The van der Waals surface area contributed by atoms with E-state index in [4.69, 9.17) is 14.8 Å². The number of rotatable bonds is 3. The molecule has 3 aliphatic rings. The Morgan fingerprint density at radius 3 is 2.79 bits per heavy atom. The molecule has 0 spiro atoms. The quantitative estimate of drug-likeness (QED) is 0.628. The maximum Gasteiger partial charge on any atom is 0.407 e. The zero-order chi connectivity index (χ0) is 23.3. The Morgan fingerprint density at radius 2 is 2.06 bits per heavy atom. The first kappa shape index (κ1) is 21.8. The normalized spacial score (nSPS) is 19.9. The zero-order valence-electron chi connectivity index (χ0n) is 19.1. The van der Waals surface area contributed by atoms with Gasteiger partial charge in [-0.25, -0.2) is 9.78 Å². The first-order valence-corrected chi connectivity index (χ1v) is 12.1. The third kappa shape index (κ3) is 4.19. The summed E-state index contributed by atoms with van der Waals surface area (Å²) in [6, 6.07) is 4.36. The molecular formula is C23H29N5O4S. The number of carbonyl (C=O) groups is 2. The van der Waals surface area contributed by atoms with Crippen molar-refractivity contribution in [3.8, 4) is 5.75 Å². The molecular weight excluding hydrogens is 442 g/mol. The molecule has 9 nitrogen and oxygen atoms in total. The van der Waals surface area contributed by atoms with Crippen LogP contribution in [0.5, 0.6) is 5.75 Å². The molecule has 0 atom stereocenters. The van der Waals surface area contributed by atoms with Crippen molar-refractivity contribution >= 4 is 39.8 Å². The lowest BCUT2D eigenvalue weighted by Gasteiger charge is -2.33. The van der Waals surface area contributed by atoms with Crippen LogP contribution in [0, 0.1) is 6.92 Å². The van der Waals surface area contributed by atoms with Gasteiger partial charge < -0.3 is 30.3 Å². The monoisotopic (exact) mass is 471 g/mol. The number of benzene rings is 1. The summed E-state index contributed by atoms with van der Waals surface area (Å²) in [4.78, 5) is 32.9. The summed E-state index contributed by atoms with van der Waals surface area (Å²) in [6.07, 6.45) is 1.42. The molecule has 5 rings (SSSR count). The Morgan fingerprint density at radius 1 is 1.30 bits per heavy atom. The summed E-state index contributed by atoms with van der Waals surface area (Å²) >= 11 is 1.43. The van der Waals surface area contributed by atoms with E-state index in [-0.39, 0.29) is 17.5 Å². The van der Waals surface area contributed by atoms with E-state index in [2.05, 4.69) is 28.5 Å². The second-order valence-corrected chi connectivity index (χ2v) is 10.6. The molecule has 1 fully saturated rings. The molecule has 3 N–H and O–H groups in total. The van der Waals surface area contributed by atoms with E-state index in [1.807, 2.05) is 19.9 Å². The third-order valence-electron chi connectivity index (χ3n) is 6.48. The highest BCUT2D eigenvalue weighted by Crippen LogP contribution is 2.43. The van der Waals surface area contributed by atoms with Gasteiger partial charge in [-0.2, -0.15) is 0 Å². The largest absolute Gasteiger partial charge is 0.489 e. The van der Waals surface area contributed by atoms with E-state index >= 15 is 0 Å². The Labute approximate surface area is 196 Å². The highest BCUT2D eigenvalue weighted by atomic mass is 32.1. The highest BCUT2D eigenvalue weighted by molar-refractivity contribution is 7.17. The van der Waals surface area contributed by atoms with E-state index in [0.717, 1.165) is 46.4 Å². The smallest absolute Gasteiger partial charge is 0.407 e. The van der Waals surface area contributed by atoms with Crippen molar-refractivity contribution in [1.82, 2.24) is 15.2 Å². The van der Waals surface area contributed by atoms with E-state index in [1.54, 1.807) is 0 Å². The average molecular weight is 472 g/mol. The van der Waals surface area contributed by atoms with Crippen LogP contribution in [0.2, 0.25) is 0 Å². The van der Waals surface area contributed by atoms with Crippen LogP contribution >= 0.6 is 11.3 Å².